The standard InChI is InChI=1S/C24H31N3O2S/c1-7-20-9-8-17(4)25-24(20)27(14-16(2)3)30-22-12-10-21(11-13-22)28-15-23-18(5)26-29-19(23)6/h8-13,16H,7,14-15H2,1-6H3. The summed E-state index contributed by atoms with van der Waals surface area (Å²) < 4.78 is 13.5. The Labute approximate surface area is 184 Å². The minimum Gasteiger partial charge on any atom is -0.489 e. The number of hydrogen-bond acceptors (Lipinski definition) is 6. The van der Waals surface area contributed by atoms with Crippen LogP contribution in [0.5, 0.6) is 5.75 Å². The largest absolute Gasteiger partial charge is 0.489 e. The van der Waals surface area contributed by atoms with E-state index in [1.54, 1.807) is 11.9 Å². The molecule has 0 aliphatic carbocycles. The van der Waals surface area contributed by atoms with Gasteiger partial charge in [0.05, 0.1) is 11.3 Å². The highest BCUT2D eigenvalue weighted by atomic mass is 32.2. The minimum atomic E-state index is 0.459. The fraction of sp³-hybridized carbons (Fsp3) is 0.417. The lowest BCUT2D eigenvalue weighted by molar-refractivity contribution is 0.301. The SMILES string of the molecule is CCc1ccc(C)nc1N(CC(C)C)Sc1ccc(OCc2c(C)noc2C)cc1. The summed E-state index contributed by atoms with van der Waals surface area (Å²) in [6, 6.07) is 12.5. The van der Waals surface area contributed by atoms with Gasteiger partial charge in [-0.15, -0.1) is 0 Å². The van der Waals surface area contributed by atoms with Crippen molar-refractivity contribution in [3.8, 4) is 5.75 Å². The van der Waals surface area contributed by atoms with Gasteiger partial charge in [0.25, 0.3) is 0 Å². The van der Waals surface area contributed by atoms with Crippen molar-refractivity contribution in [2.75, 3.05) is 10.8 Å². The normalized spacial score (nSPS) is 11.2. The third-order valence-corrected chi connectivity index (χ3v) is 5.87. The maximum atomic E-state index is 5.94. The van der Waals surface area contributed by atoms with Crippen molar-refractivity contribution in [2.24, 2.45) is 5.92 Å². The number of ether oxygens (including phenoxy) is 1. The molecule has 0 N–H and O–H groups in total. The van der Waals surface area contributed by atoms with Gasteiger partial charge < -0.3 is 9.26 Å². The first-order chi connectivity index (χ1) is 14.4. The average Bonchev–Trinajstić information content (AvgIpc) is 3.04. The van der Waals surface area contributed by atoms with E-state index in [-0.39, 0.29) is 0 Å². The van der Waals surface area contributed by atoms with Crippen LogP contribution < -0.4 is 9.04 Å². The zero-order valence-electron chi connectivity index (χ0n) is 18.7. The number of hydrogen-bond donors (Lipinski definition) is 0. The molecule has 0 aliphatic heterocycles. The van der Waals surface area contributed by atoms with Crippen molar-refractivity contribution < 1.29 is 9.26 Å². The van der Waals surface area contributed by atoms with Crippen LogP contribution >= 0.6 is 11.9 Å². The van der Waals surface area contributed by atoms with Gasteiger partial charge in [-0.2, -0.15) is 0 Å². The van der Waals surface area contributed by atoms with E-state index in [1.165, 1.54) is 5.56 Å². The van der Waals surface area contributed by atoms with Gasteiger partial charge >= 0.3 is 0 Å². The van der Waals surface area contributed by atoms with E-state index in [0.29, 0.717) is 12.5 Å². The predicted octanol–water partition coefficient (Wildman–Crippen LogP) is 6.31. The minimum absolute atomic E-state index is 0.459. The fourth-order valence-corrected chi connectivity index (χ4v) is 4.28. The highest BCUT2D eigenvalue weighted by Crippen LogP contribution is 2.32. The summed E-state index contributed by atoms with van der Waals surface area (Å²) in [6.45, 7) is 13.9. The van der Waals surface area contributed by atoms with Crippen LogP contribution in [-0.2, 0) is 13.0 Å². The van der Waals surface area contributed by atoms with Crippen molar-refractivity contribution in [1.29, 1.82) is 0 Å². The highest BCUT2D eigenvalue weighted by Gasteiger charge is 2.16. The summed E-state index contributed by atoms with van der Waals surface area (Å²) in [4.78, 5) is 6.01. The smallest absolute Gasteiger partial charge is 0.142 e. The third kappa shape index (κ3) is 5.57. The number of nitrogens with zero attached hydrogens (tertiary/aromatic N) is 3. The zero-order valence-corrected chi connectivity index (χ0v) is 19.5. The molecule has 0 atom stereocenters. The molecule has 2 heterocycles. The summed E-state index contributed by atoms with van der Waals surface area (Å²) >= 11 is 1.73. The summed E-state index contributed by atoms with van der Waals surface area (Å²) in [6.07, 6.45) is 0.965. The van der Waals surface area contributed by atoms with Gasteiger partial charge in [0.1, 0.15) is 23.9 Å². The molecule has 0 aliphatic rings. The Balaban J connectivity index is 1.73. The first-order valence-corrected chi connectivity index (χ1v) is 11.2. The highest BCUT2D eigenvalue weighted by molar-refractivity contribution is 8.00. The topological polar surface area (TPSA) is 51.4 Å². The molecule has 0 radical (unpaired) electrons. The molecule has 0 saturated heterocycles. The summed E-state index contributed by atoms with van der Waals surface area (Å²) in [7, 11) is 0. The van der Waals surface area contributed by atoms with Crippen molar-refractivity contribution in [3.05, 3.63) is 64.7 Å². The molecule has 30 heavy (non-hydrogen) atoms. The molecule has 5 nitrogen and oxygen atoms in total. The van der Waals surface area contributed by atoms with E-state index in [9.17, 15) is 0 Å². The quantitative estimate of drug-likeness (QED) is 0.375. The van der Waals surface area contributed by atoms with Crippen LogP contribution in [0.4, 0.5) is 5.82 Å². The molecular formula is C24H31N3O2S. The Kier molecular flexibility index (Phi) is 7.43. The third-order valence-electron chi connectivity index (χ3n) is 4.85. The molecule has 2 aromatic heterocycles. The van der Waals surface area contributed by atoms with E-state index in [2.05, 4.69) is 54.5 Å². The van der Waals surface area contributed by atoms with Gasteiger partial charge in [-0.05, 0) is 81.0 Å². The Morgan fingerprint density at radius 3 is 2.40 bits per heavy atom. The van der Waals surface area contributed by atoms with E-state index < -0.39 is 0 Å². The second-order valence-corrected chi connectivity index (χ2v) is 8.99. The number of benzene rings is 1. The van der Waals surface area contributed by atoms with Crippen LogP contribution in [0.1, 0.15) is 49.0 Å². The molecular weight excluding hydrogens is 394 g/mol. The molecule has 0 amide bonds. The second-order valence-electron chi connectivity index (χ2n) is 7.90. The van der Waals surface area contributed by atoms with Crippen molar-refractivity contribution in [3.63, 3.8) is 0 Å². The van der Waals surface area contributed by atoms with E-state index in [1.807, 2.05) is 32.9 Å². The van der Waals surface area contributed by atoms with Gasteiger partial charge in [0.15, 0.2) is 0 Å². The lowest BCUT2D eigenvalue weighted by Gasteiger charge is -2.26. The van der Waals surface area contributed by atoms with Gasteiger partial charge in [0.2, 0.25) is 0 Å². The van der Waals surface area contributed by atoms with Gasteiger partial charge in [0, 0.05) is 17.1 Å². The van der Waals surface area contributed by atoms with Gasteiger partial charge in [-0.3, -0.25) is 4.31 Å². The maximum Gasteiger partial charge on any atom is 0.142 e. The molecule has 3 rings (SSSR count). The van der Waals surface area contributed by atoms with Crippen LogP contribution in [0, 0.1) is 26.7 Å². The Morgan fingerprint density at radius 2 is 1.80 bits per heavy atom. The van der Waals surface area contributed by atoms with E-state index in [4.69, 9.17) is 14.2 Å². The molecule has 0 saturated carbocycles. The number of pyridine rings is 1. The van der Waals surface area contributed by atoms with Crippen molar-refractivity contribution >= 4 is 17.8 Å². The molecule has 1 aromatic carbocycles. The summed E-state index contributed by atoms with van der Waals surface area (Å²) in [5, 5.41) is 3.98. The van der Waals surface area contributed by atoms with Crippen molar-refractivity contribution in [2.45, 2.75) is 59.5 Å². The van der Waals surface area contributed by atoms with Crippen LogP contribution in [0.3, 0.4) is 0 Å². The predicted molar refractivity (Wildman–Crippen MR) is 123 cm³/mol. The maximum absolute atomic E-state index is 5.94. The molecule has 3 aromatic rings. The molecule has 0 spiro atoms. The summed E-state index contributed by atoms with van der Waals surface area (Å²) in [5.41, 5.74) is 4.20. The van der Waals surface area contributed by atoms with E-state index in [0.717, 1.165) is 52.1 Å². The second kappa shape index (κ2) is 10.0. The average molecular weight is 426 g/mol. The Bertz CT molecular complexity index is 948. The Morgan fingerprint density at radius 1 is 1.07 bits per heavy atom. The fourth-order valence-electron chi connectivity index (χ4n) is 3.15. The molecule has 6 heteroatoms. The number of aryl methyl sites for hydroxylation is 4. The lowest BCUT2D eigenvalue weighted by Crippen LogP contribution is -2.22. The monoisotopic (exact) mass is 425 g/mol. The summed E-state index contributed by atoms with van der Waals surface area (Å²) in [5.74, 6) is 3.23. The van der Waals surface area contributed by atoms with Gasteiger partial charge in [-0.25, -0.2) is 4.98 Å². The number of aromatic nitrogens is 2. The van der Waals surface area contributed by atoms with Crippen LogP contribution in [0.2, 0.25) is 0 Å². The molecule has 160 valence electrons. The van der Waals surface area contributed by atoms with Crippen molar-refractivity contribution in [1.82, 2.24) is 10.1 Å². The van der Waals surface area contributed by atoms with Crippen LogP contribution in [0.25, 0.3) is 0 Å². The zero-order chi connectivity index (χ0) is 21.7. The first-order valence-electron chi connectivity index (χ1n) is 10.4. The number of rotatable bonds is 9. The van der Waals surface area contributed by atoms with E-state index >= 15 is 0 Å². The molecule has 0 bridgehead atoms. The van der Waals surface area contributed by atoms with Gasteiger partial charge in [-0.1, -0.05) is 32.0 Å². The molecule has 0 fully saturated rings. The lowest BCUT2D eigenvalue weighted by atomic mass is 10.1. The Hall–Kier alpha value is -2.47. The first kappa shape index (κ1) is 22.2. The van der Waals surface area contributed by atoms with Crippen LogP contribution in [0.15, 0.2) is 45.8 Å². The molecule has 0 unspecified atom stereocenters. The van der Waals surface area contributed by atoms with Crippen LogP contribution in [-0.4, -0.2) is 16.7 Å². The number of anilines is 1.